The fraction of sp³-hybridized carbons (Fsp3) is 0.333. The maximum Gasteiger partial charge on any atom is 0.131 e. The first-order valence-electron chi connectivity index (χ1n) is 14.4. The van der Waals surface area contributed by atoms with Gasteiger partial charge in [-0.2, -0.15) is 0 Å². The summed E-state index contributed by atoms with van der Waals surface area (Å²) >= 11 is 1.84. The van der Waals surface area contributed by atoms with Gasteiger partial charge in [0.1, 0.15) is 23.0 Å². The molecule has 4 rings (SSSR count). The van der Waals surface area contributed by atoms with Crippen molar-refractivity contribution in [2.45, 2.75) is 88.9 Å². The van der Waals surface area contributed by atoms with Gasteiger partial charge in [-0.05, 0) is 108 Å². The summed E-state index contributed by atoms with van der Waals surface area (Å²) in [7, 11) is 0. The second kappa shape index (κ2) is 12.1. The molecule has 0 atom stereocenters. The van der Waals surface area contributed by atoms with Crippen molar-refractivity contribution in [2.75, 3.05) is 11.5 Å². The highest BCUT2D eigenvalue weighted by Gasteiger charge is 2.25. The van der Waals surface area contributed by atoms with Crippen LogP contribution in [0.25, 0.3) is 0 Å². The zero-order chi connectivity index (χ0) is 29.9. The van der Waals surface area contributed by atoms with E-state index in [-0.39, 0.29) is 10.8 Å². The Hall–Kier alpha value is -3.57. The lowest BCUT2D eigenvalue weighted by atomic mass is 9.85. The van der Waals surface area contributed by atoms with Crippen molar-refractivity contribution in [3.8, 4) is 23.0 Å². The van der Waals surface area contributed by atoms with E-state index in [9.17, 15) is 0 Å². The molecule has 0 bridgehead atoms. The summed E-state index contributed by atoms with van der Waals surface area (Å²) in [6, 6.07) is 24.3. The lowest BCUT2D eigenvalue weighted by Crippen LogP contribution is -2.14. The highest BCUT2D eigenvalue weighted by molar-refractivity contribution is 7.99. The molecule has 0 aromatic heterocycles. The van der Waals surface area contributed by atoms with E-state index in [1.54, 1.807) is 0 Å². The second-order valence-corrected chi connectivity index (χ2v) is 13.6. The number of ether oxygens (including phenoxy) is 2. The number of hydrogen-bond acceptors (Lipinski definition) is 5. The van der Waals surface area contributed by atoms with Crippen LogP contribution >= 0.6 is 11.8 Å². The molecule has 0 saturated heterocycles. The molecule has 216 valence electrons. The van der Waals surface area contributed by atoms with E-state index in [2.05, 4.69) is 79.7 Å². The molecular formula is C36H44N2O2S. The Labute approximate surface area is 250 Å². The van der Waals surface area contributed by atoms with Gasteiger partial charge in [-0.25, -0.2) is 0 Å². The molecule has 0 aliphatic carbocycles. The van der Waals surface area contributed by atoms with Gasteiger partial charge in [-0.3, -0.25) is 0 Å². The van der Waals surface area contributed by atoms with Crippen molar-refractivity contribution in [1.82, 2.24) is 0 Å². The summed E-state index contributed by atoms with van der Waals surface area (Å²) < 4.78 is 12.9. The number of aryl methyl sites for hydroxylation is 2. The molecule has 0 fully saturated rings. The fourth-order valence-corrected chi connectivity index (χ4v) is 5.99. The Morgan fingerprint density at radius 3 is 1.20 bits per heavy atom. The highest BCUT2D eigenvalue weighted by atomic mass is 32.2. The molecule has 4 aromatic carbocycles. The van der Waals surface area contributed by atoms with Crippen molar-refractivity contribution in [3.63, 3.8) is 0 Å². The third-order valence-corrected chi connectivity index (χ3v) is 8.34. The zero-order valence-corrected chi connectivity index (χ0v) is 26.5. The van der Waals surface area contributed by atoms with Gasteiger partial charge in [-0.15, -0.1) is 0 Å². The Morgan fingerprint density at radius 1 is 0.561 bits per heavy atom. The molecule has 0 heterocycles. The van der Waals surface area contributed by atoms with Gasteiger partial charge in [-0.1, -0.05) is 67.2 Å². The molecule has 0 radical (unpaired) electrons. The molecular weight excluding hydrogens is 524 g/mol. The largest absolute Gasteiger partial charge is 0.457 e. The smallest absolute Gasteiger partial charge is 0.131 e. The van der Waals surface area contributed by atoms with Crippen LogP contribution in [-0.4, -0.2) is 0 Å². The lowest BCUT2D eigenvalue weighted by Gasteiger charge is -2.27. The molecule has 4 nitrogen and oxygen atoms in total. The van der Waals surface area contributed by atoms with Crippen LogP contribution in [0.3, 0.4) is 0 Å². The first-order chi connectivity index (χ1) is 19.3. The predicted octanol–water partition coefficient (Wildman–Crippen LogP) is 10.3. The third-order valence-electron chi connectivity index (χ3n) is 7.14. The summed E-state index contributed by atoms with van der Waals surface area (Å²) in [5, 5.41) is 0. The van der Waals surface area contributed by atoms with E-state index in [0.29, 0.717) is 0 Å². The number of benzene rings is 4. The van der Waals surface area contributed by atoms with E-state index in [1.807, 2.05) is 60.3 Å². The first kappa shape index (κ1) is 30.4. The second-order valence-electron chi connectivity index (χ2n) is 12.6. The van der Waals surface area contributed by atoms with Crippen LogP contribution in [0.4, 0.5) is 11.4 Å². The van der Waals surface area contributed by atoms with Crippen molar-refractivity contribution in [1.29, 1.82) is 0 Å². The van der Waals surface area contributed by atoms with Crippen molar-refractivity contribution < 1.29 is 9.47 Å². The van der Waals surface area contributed by atoms with E-state index in [0.717, 1.165) is 47.2 Å². The summed E-state index contributed by atoms with van der Waals surface area (Å²) in [5.74, 6) is 3.35. The third kappa shape index (κ3) is 7.39. The van der Waals surface area contributed by atoms with Gasteiger partial charge in [0, 0.05) is 32.3 Å². The van der Waals surface area contributed by atoms with Gasteiger partial charge >= 0.3 is 0 Å². The van der Waals surface area contributed by atoms with Crippen LogP contribution in [0.15, 0.2) is 82.6 Å². The molecule has 0 amide bonds. The van der Waals surface area contributed by atoms with Gasteiger partial charge in [0.2, 0.25) is 0 Å². The SMILES string of the molecule is CCc1cc(Oc2ccc(N)cc2)c(C(C)(C)C)cc1Sc1cc(C(C)(C)C)c(Oc2ccc(N)cc2)cc1CC. The van der Waals surface area contributed by atoms with Gasteiger partial charge in [0.25, 0.3) is 0 Å². The van der Waals surface area contributed by atoms with Gasteiger partial charge in [0.15, 0.2) is 0 Å². The lowest BCUT2D eigenvalue weighted by molar-refractivity contribution is 0.453. The minimum Gasteiger partial charge on any atom is -0.457 e. The van der Waals surface area contributed by atoms with E-state index in [1.165, 1.54) is 32.0 Å². The van der Waals surface area contributed by atoms with Gasteiger partial charge < -0.3 is 20.9 Å². The maximum absolute atomic E-state index is 6.44. The Bertz CT molecular complexity index is 1380. The average Bonchev–Trinajstić information content (AvgIpc) is 2.91. The van der Waals surface area contributed by atoms with Crippen molar-refractivity contribution >= 4 is 23.1 Å². The summed E-state index contributed by atoms with van der Waals surface area (Å²) in [5.41, 5.74) is 17.9. The normalized spacial score (nSPS) is 11.9. The number of nitrogens with two attached hydrogens (primary N) is 2. The first-order valence-corrected chi connectivity index (χ1v) is 15.2. The Kier molecular flexibility index (Phi) is 8.98. The average molecular weight is 569 g/mol. The molecule has 0 aliphatic rings. The maximum atomic E-state index is 6.44. The highest BCUT2D eigenvalue weighted by Crippen LogP contribution is 2.45. The van der Waals surface area contributed by atoms with E-state index >= 15 is 0 Å². The van der Waals surface area contributed by atoms with Crippen LogP contribution in [0.5, 0.6) is 23.0 Å². The van der Waals surface area contributed by atoms with E-state index < -0.39 is 0 Å². The quantitative estimate of drug-likeness (QED) is 0.207. The number of anilines is 2. The number of nitrogen functional groups attached to an aromatic ring is 2. The Balaban J connectivity index is 1.78. The van der Waals surface area contributed by atoms with Crippen LogP contribution < -0.4 is 20.9 Å². The molecule has 0 unspecified atom stereocenters. The summed E-state index contributed by atoms with van der Waals surface area (Å²) in [6.45, 7) is 17.8. The monoisotopic (exact) mass is 568 g/mol. The minimum absolute atomic E-state index is 0.106. The van der Waals surface area contributed by atoms with Crippen LogP contribution in [0.1, 0.15) is 77.6 Å². The minimum atomic E-state index is -0.106. The van der Waals surface area contributed by atoms with Crippen molar-refractivity contribution in [3.05, 3.63) is 95.1 Å². The molecule has 41 heavy (non-hydrogen) atoms. The molecule has 0 aliphatic heterocycles. The van der Waals surface area contributed by atoms with Crippen molar-refractivity contribution in [2.24, 2.45) is 0 Å². The standard InChI is InChI=1S/C36H44N2O2S/c1-9-23-19-31(39-27-15-11-25(37)12-16-27)29(35(3,4)5)21-33(23)41-34-22-30(36(6,7)8)32(20-24(34)10-2)40-28-17-13-26(38)14-18-28/h11-22H,9-10,37-38H2,1-8H3. The predicted molar refractivity (Wildman–Crippen MR) is 175 cm³/mol. The summed E-state index contributed by atoms with van der Waals surface area (Å²) in [4.78, 5) is 2.51. The van der Waals surface area contributed by atoms with Gasteiger partial charge in [0.05, 0.1) is 0 Å². The topological polar surface area (TPSA) is 70.5 Å². The molecule has 0 spiro atoms. The molecule has 0 saturated carbocycles. The number of rotatable bonds is 8. The number of hydrogen-bond donors (Lipinski definition) is 2. The fourth-order valence-electron chi connectivity index (χ4n) is 4.73. The Morgan fingerprint density at radius 2 is 0.902 bits per heavy atom. The van der Waals surface area contributed by atoms with Crippen LogP contribution in [-0.2, 0) is 23.7 Å². The van der Waals surface area contributed by atoms with Crippen LogP contribution in [0.2, 0.25) is 0 Å². The molecule has 4 aromatic rings. The zero-order valence-electron chi connectivity index (χ0n) is 25.7. The van der Waals surface area contributed by atoms with Crippen LogP contribution in [0, 0.1) is 0 Å². The van der Waals surface area contributed by atoms with E-state index in [4.69, 9.17) is 20.9 Å². The molecule has 4 N–H and O–H groups in total. The molecule has 5 heteroatoms. The summed E-state index contributed by atoms with van der Waals surface area (Å²) in [6.07, 6.45) is 1.80.